The van der Waals surface area contributed by atoms with Gasteiger partial charge in [0.05, 0.1) is 17.2 Å². The first-order valence-corrected chi connectivity index (χ1v) is 6.23. The minimum atomic E-state index is -0.172. The van der Waals surface area contributed by atoms with Crippen LogP contribution in [0.3, 0.4) is 0 Å². The van der Waals surface area contributed by atoms with Gasteiger partial charge in [0.1, 0.15) is 11.3 Å². The first-order chi connectivity index (χ1) is 9.63. The summed E-state index contributed by atoms with van der Waals surface area (Å²) in [5.74, 6) is 0.664. The van der Waals surface area contributed by atoms with Gasteiger partial charge in [-0.05, 0) is 13.0 Å². The summed E-state index contributed by atoms with van der Waals surface area (Å²) in [6.45, 7) is 1.94. The Morgan fingerprint density at radius 1 is 1.35 bits per heavy atom. The Kier molecular flexibility index (Phi) is 2.94. The van der Waals surface area contributed by atoms with E-state index in [0.717, 1.165) is 5.52 Å². The summed E-state index contributed by atoms with van der Waals surface area (Å²) in [6.07, 6.45) is 5.15. The summed E-state index contributed by atoms with van der Waals surface area (Å²) in [4.78, 5) is 22.8. The van der Waals surface area contributed by atoms with E-state index in [1.807, 2.05) is 14.0 Å². The van der Waals surface area contributed by atoms with Crippen LogP contribution in [0.25, 0.3) is 11.0 Å². The molecule has 0 amide bonds. The molecule has 3 aromatic rings. The molecule has 7 heteroatoms. The Hall–Kier alpha value is -2.70. The summed E-state index contributed by atoms with van der Waals surface area (Å²) in [7, 11) is 1.81. The molecular formula is C13H14N6O. The standard InChI is InChI=1S/C13H14N6O/c1-8(13-14-4-3-5-15-13)16-9-6-11(20)17-10-7-19(2)18-12(9)10/h3-8,16H,1-2H3,(H,17,20). The van der Waals surface area contributed by atoms with E-state index >= 15 is 0 Å². The number of H-pyrrole nitrogens is 1. The second-order valence-corrected chi connectivity index (χ2v) is 4.59. The highest BCUT2D eigenvalue weighted by Crippen LogP contribution is 2.21. The van der Waals surface area contributed by atoms with Crippen molar-refractivity contribution in [3.05, 3.63) is 46.9 Å². The molecule has 0 fully saturated rings. The average Bonchev–Trinajstić information content (AvgIpc) is 2.80. The van der Waals surface area contributed by atoms with Crippen molar-refractivity contribution < 1.29 is 0 Å². The van der Waals surface area contributed by atoms with Gasteiger partial charge in [0.15, 0.2) is 0 Å². The summed E-state index contributed by atoms with van der Waals surface area (Å²) in [5.41, 5.74) is 1.91. The van der Waals surface area contributed by atoms with Crippen molar-refractivity contribution in [3.63, 3.8) is 0 Å². The third-order valence-electron chi connectivity index (χ3n) is 2.96. The molecule has 0 aromatic carbocycles. The van der Waals surface area contributed by atoms with Crippen LogP contribution in [-0.2, 0) is 7.05 Å². The van der Waals surface area contributed by atoms with Crippen molar-refractivity contribution in [2.75, 3.05) is 5.32 Å². The van der Waals surface area contributed by atoms with Gasteiger partial charge in [0.25, 0.3) is 5.56 Å². The normalized spacial score (nSPS) is 12.5. The van der Waals surface area contributed by atoms with Gasteiger partial charge in [-0.1, -0.05) is 0 Å². The molecule has 0 aliphatic carbocycles. The number of nitrogens with one attached hydrogen (secondary N) is 2. The molecule has 0 aliphatic rings. The molecule has 3 heterocycles. The molecule has 1 unspecified atom stereocenters. The van der Waals surface area contributed by atoms with Crippen LogP contribution in [0.5, 0.6) is 0 Å². The van der Waals surface area contributed by atoms with Crippen LogP contribution in [0.1, 0.15) is 18.8 Å². The number of fused-ring (bicyclic) bond motifs is 1. The highest BCUT2D eigenvalue weighted by Gasteiger charge is 2.12. The van der Waals surface area contributed by atoms with Crippen molar-refractivity contribution >= 4 is 16.7 Å². The van der Waals surface area contributed by atoms with Crippen LogP contribution in [0.2, 0.25) is 0 Å². The molecule has 3 rings (SSSR count). The molecular weight excluding hydrogens is 256 g/mol. The first kappa shape index (κ1) is 12.3. The minimum Gasteiger partial charge on any atom is -0.373 e. The van der Waals surface area contributed by atoms with E-state index in [2.05, 4.69) is 25.4 Å². The molecule has 0 radical (unpaired) electrons. The molecule has 7 nitrogen and oxygen atoms in total. The zero-order valence-electron chi connectivity index (χ0n) is 11.2. The maximum absolute atomic E-state index is 11.7. The Balaban J connectivity index is 2.00. The molecule has 0 saturated heterocycles. The second kappa shape index (κ2) is 4.76. The highest BCUT2D eigenvalue weighted by molar-refractivity contribution is 5.86. The lowest BCUT2D eigenvalue weighted by Crippen LogP contribution is -2.13. The summed E-state index contributed by atoms with van der Waals surface area (Å²) < 4.78 is 1.66. The molecule has 102 valence electrons. The van der Waals surface area contributed by atoms with Crippen molar-refractivity contribution in [1.82, 2.24) is 24.7 Å². The van der Waals surface area contributed by atoms with Crippen molar-refractivity contribution in [1.29, 1.82) is 0 Å². The van der Waals surface area contributed by atoms with Gasteiger partial charge in [0, 0.05) is 31.7 Å². The van der Waals surface area contributed by atoms with E-state index in [9.17, 15) is 4.79 Å². The third-order valence-corrected chi connectivity index (χ3v) is 2.96. The average molecular weight is 270 g/mol. The fourth-order valence-corrected chi connectivity index (χ4v) is 2.09. The first-order valence-electron chi connectivity index (χ1n) is 6.23. The van der Waals surface area contributed by atoms with E-state index in [4.69, 9.17) is 0 Å². The number of rotatable bonds is 3. The van der Waals surface area contributed by atoms with Crippen LogP contribution >= 0.6 is 0 Å². The van der Waals surface area contributed by atoms with Crippen LogP contribution in [0.4, 0.5) is 5.69 Å². The molecule has 3 aromatic heterocycles. The fraction of sp³-hybridized carbons (Fsp3) is 0.231. The van der Waals surface area contributed by atoms with Gasteiger partial charge >= 0.3 is 0 Å². The smallest absolute Gasteiger partial charge is 0.250 e. The third kappa shape index (κ3) is 2.25. The fourth-order valence-electron chi connectivity index (χ4n) is 2.09. The van der Waals surface area contributed by atoms with Crippen molar-refractivity contribution in [3.8, 4) is 0 Å². The number of aromatic amines is 1. The Labute approximate surface area is 114 Å². The predicted molar refractivity (Wildman–Crippen MR) is 75.4 cm³/mol. The van der Waals surface area contributed by atoms with Crippen LogP contribution in [-0.4, -0.2) is 24.7 Å². The summed E-state index contributed by atoms with van der Waals surface area (Å²) >= 11 is 0. The van der Waals surface area contributed by atoms with Gasteiger partial charge in [0.2, 0.25) is 0 Å². The number of anilines is 1. The molecule has 0 aliphatic heterocycles. The summed E-state index contributed by atoms with van der Waals surface area (Å²) in [5, 5.41) is 7.58. The number of aromatic nitrogens is 5. The molecule has 0 bridgehead atoms. The minimum absolute atomic E-state index is 0.122. The van der Waals surface area contributed by atoms with Crippen molar-refractivity contribution in [2.45, 2.75) is 13.0 Å². The number of hydrogen-bond acceptors (Lipinski definition) is 5. The topological polar surface area (TPSA) is 88.5 Å². The Bertz CT molecular complexity index is 791. The lowest BCUT2D eigenvalue weighted by molar-refractivity contribution is 0.774. The van der Waals surface area contributed by atoms with Crippen molar-refractivity contribution in [2.24, 2.45) is 7.05 Å². The highest BCUT2D eigenvalue weighted by atomic mass is 16.1. The van der Waals surface area contributed by atoms with Crippen LogP contribution in [0, 0.1) is 0 Å². The molecule has 20 heavy (non-hydrogen) atoms. The van der Waals surface area contributed by atoms with E-state index in [1.165, 1.54) is 6.07 Å². The van der Waals surface area contributed by atoms with Gasteiger partial charge in [-0.2, -0.15) is 5.10 Å². The number of hydrogen-bond donors (Lipinski definition) is 2. The molecule has 1 atom stereocenters. The van der Waals surface area contributed by atoms with Gasteiger partial charge in [-0.3, -0.25) is 9.48 Å². The van der Waals surface area contributed by atoms with E-state index in [0.29, 0.717) is 17.0 Å². The largest absolute Gasteiger partial charge is 0.373 e. The Morgan fingerprint density at radius 2 is 2.10 bits per heavy atom. The van der Waals surface area contributed by atoms with E-state index < -0.39 is 0 Å². The second-order valence-electron chi connectivity index (χ2n) is 4.59. The van der Waals surface area contributed by atoms with Crippen LogP contribution in [0.15, 0.2) is 35.5 Å². The maximum Gasteiger partial charge on any atom is 0.250 e. The quantitative estimate of drug-likeness (QED) is 0.747. The Morgan fingerprint density at radius 3 is 2.85 bits per heavy atom. The lowest BCUT2D eigenvalue weighted by atomic mass is 10.2. The number of aryl methyl sites for hydroxylation is 1. The van der Waals surface area contributed by atoms with Gasteiger partial charge < -0.3 is 10.3 Å². The van der Waals surface area contributed by atoms with Gasteiger partial charge in [-0.25, -0.2) is 9.97 Å². The van der Waals surface area contributed by atoms with E-state index in [-0.39, 0.29) is 11.6 Å². The summed E-state index contributed by atoms with van der Waals surface area (Å²) in [6, 6.07) is 3.14. The SMILES string of the molecule is CC(Nc1cc(=O)[nH]c2cn(C)nc12)c1ncccn1. The number of pyridine rings is 1. The maximum atomic E-state index is 11.7. The van der Waals surface area contributed by atoms with Gasteiger partial charge in [-0.15, -0.1) is 0 Å². The number of nitrogens with zero attached hydrogens (tertiary/aromatic N) is 4. The lowest BCUT2D eigenvalue weighted by Gasteiger charge is -2.13. The van der Waals surface area contributed by atoms with Crippen LogP contribution < -0.4 is 10.9 Å². The van der Waals surface area contributed by atoms with E-state index in [1.54, 1.807) is 29.3 Å². The monoisotopic (exact) mass is 270 g/mol. The molecule has 0 spiro atoms. The molecule has 2 N–H and O–H groups in total. The zero-order chi connectivity index (χ0) is 14.1. The molecule has 0 saturated carbocycles. The predicted octanol–water partition coefficient (Wildman–Crippen LogP) is 1.22. The zero-order valence-corrected chi connectivity index (χ0v) is 11.2.